The van der Waals surface area contributed by atoms with E-state index in [1.807, 2.05) is 0 Å². The second kappa shape index (κ2) is 5.99. The molecule has 0 radical (unpaired) electrons. The highest BCUT2D eigenvalue weighted by molar-refractivity contribution is 4.82. The summed E-state index contributed by atoms with van der Waals surface area (Å²) in [6.45, 7) is 3.76. The second-order valence-electron chi connectivity index (χ2n) is 5.66. The molecule has 1 saturated carbocycles. The number of nitrogens with zero attached hydrogens (tertiary/aromatic N) is 1. The lowest BCUT2D eigenvalue weighted by atomic mass is 9.95. The van der Waals surface area contributed by atoms with Crippen LogP contribution in [-0.2, 0) is 0 Å². The van der Waals surface area contributed by atoms with E-state index >= 15 is 0 Å². The Hall–Kier alpha value is -0.120. The summed E-state index contributed by atoms with van der Waals surface area (Å²) in [7, 11) is 0. The topological polar surface area (TPSA) is 49.5 Å². The molecule has 3 heteroatoms. The van der Waals surface area contributed by atoms with Gasteiger partial charge in [-0.1, -0.05) is 19.3 Å². The average Bonchev–Trinajstić information content (AvgIpc) is 2.65. The molecule has 3 nitrogen and oxygen atoms in total. The molecule has 0 aromatic rings. The van der Waals surface area contributed by atoms with Crippen molar-refractivity contribution in [1.29, 1.82) is 0 Å². The summed E-state index contributed by atoms with van der Waals surface area (Å²) in [5, 5.41) is 9.14. The SMILES string of the molecule is NC1CCCCCC1CN1CCC(CO)C1. The summed E-state index contributed by atoms with van der Waals surface area (Å²) < 4.78 is 0. The molecule has 1 aliphatic carbocycles. The van der Waals surface area contributed by atoms with E-state index in [2.05, 4.69) is 4.90 Å². The summed E-state index contributed by atoms with van der Waals surface area (Å²) in [6.07, 6.45) is 7.72. The molecule has 16 heavy (non-hydrogen) atoms. The van der Waals surface area contributed by atoms with Gasteiger partial charge in [-0.25, -0.2) is 0 Å². The minimum Gasteiger partial charge on any atom is -0.396 e. The third kappa shape index (κ3) is 3.19. The molecular formula is C13H26N2O. The zero-order valence-electron chi connectivity index (χ0n) is 10.3. The van der Waals surface area contributed by atoms with Crippen LogP contribution in [0.1, 0.15) is 38.5 Å². The first-order valence-electron chi connectivity index (χ1n) is 6.88. The van der Waals surface area contributed by atoms with Gasteiger partial charge in [0.15, 0.2) is 0 Å². The van der Waals surface area contributed by atoms with Gasteiger partial charge in [0.05, 0.1) is 0 Å². The van der Waals surface area contributed by atoms with Crippen molar-refractivity contribution in [3.05, 3.63) is 0 Å². The molecular weight excluding hydrogens is 200 g/mol. The number of aliphatic hydroxyl groups is 1. The zero-order valence-corrected chi connectivity index (χ0v) is 10.3. The Morgan fingerprint density at radius 3 is 2.69 bits per heavy atom. The highest BCUT2D eigenvalue weighted by Crippen LogP contribution is 2.25. The smallest absolute Gasteiger partial charge is 0.0471 e. The van der Waals surface area contributed by atoms with Gasteiger partial charge in [-0.3, -0.25) is 0 Å². The van der Waals surface area contributed by atoms with Crippen LogP contribution >= 0.6 is 0 Å². The number of rotatable bonds is 3. The van der Waals surface area contributed by atoms with Crippen LogP contribution < -0.4 is 5.73 Å². The van der Waals surface area contributed by atoms with E-state index in [9.17, 15) is 0 Å². The van der Waals surface area contributed by atoms with Crippen LogP contribution in [0, 0.1) is 11.8 Å². The van der Waals surface area contributed by atoms with Gasteiger partial charge in [-0.2, -0.15) is 0 Å². The fraction of sp³-hybridized carbons (Fsp3) is 1.00. The Morgan fingerprint density at radius 1 is 1.12 bits per heavy atom. The molecule has 0 aromatic carbocycles. The molecule has 2 rings (SSSR count). The molecule has 1 saturated heterocycles. The molecule has 1 heterocycles. The van der Waals surface area contributed by atoms with Gasteiger partial charge in [0.1, 0.15) is 0 Å². The van der Waals surface area contributed by atoms with E-state index in [0.29, 0.717) is 24.5 Å². The average molecular weight is 226 g/mol. The van der Waals surface area contributed by atoms with Crippen LogP contribution in [0.3, 0.4) is 0 Å². The Labute approximate surface area is 99.0 Å². The van der Waals surface area contributed by atoms with E-state index in [1.165, 1.54) is 38.5 Å². The standard InChI is InChI=1S/C13H26N2O/c14-13-5-3-1-2-4-12(13)9-15-7-6-11(8-15)10-16/h11-13,16H,1-10,14H2. The summed E-state index contributed by atoms with van der Waals surface area (Å²) in [4.78, 5) is 2.51. The molecule has 2 aliphatic rings. The monoisotopic (exact) mass is 226 g/mol. The maximum atomic E-state index is 9.14. The van der Waals surface area contributed by atoms with Crippen molar-refractivity contribution < 1.29 is 5.11 Å². The third-order valence-corrected chi connectivity index (χ3v) is 4.34. The minimum atomic E-state index is 0.354. The van der Waals surface area contributed by atoms with Gasteiger partial charge in [-0.05, 0) is 37.6 Å². The van der Waals surface area contributed by atoms with E-state index < -0.39 is 0 Å². The van der Waals surface area contributed by atoms with Gasteiger partial charge in [0.2, 0.25) is 0 Å². The van der Waals surface area contributed by atoms with Gasteiger partial charge in [-0.15, -0.1) is 0 Å². The summed E-state index contributed by atoms with van der Waals surface area (Å²) >= 11 is 0. The molecule has 0 aromatic heterocycles. The first-order valence-corrected chi connectivity index (χ1v) is 6.88. The van der Waals surface area contributed by atoms with Crippen LogP contribution in [-0.4, -0.2) is 42.3 Å². The number of nitrogens with two attached hydrogens (primary N) is 1. The van der Waals surface area contributed by atoms with E-state index in [-0.39, 0.29) is 0 Å². The van der Waals surface area contributed by atoms with Crippen LogP contribution in [0.5, 0.6) is 0 Å². The number of hydrogen-bond donors (Lipinski definition) is 2. The highest BCUT2D eigenvalue weighted by atomic mass is 16.3. The fourth-order valence-corrected chi connectivity index (χ4v) is 3.20. The molecule has 1 aliphatic heterocycles. The van der Waals surface area contributed by atoms with Crippen LogP contribution in [0.4, 0.5) is 0 Å². The lowest BCUT2D eigenvalue weighted by Gasteiger charge is -2.26. The molecule has 0 amide bonds. The lowest BCUT2D eigenvalue weighted by Crippen LogP contribution is -2.38. The quantitative estimate of drug-likeness (QED) is 0.711. The zero-order chi connectivity index (χ0) is 11.4. The van der Waals surface area contributed by atoms with Gasteiger partial charge >= 0.3 is 0 Å². The van der Waals surface area contributed by atoms with Crippen LogP contribution in [0.25, 0.3) is 0 Å². The Balaban J connectivity index is 1.79. The molecule has 2 fully saturated rings. The lowest BCUT2D eigenvalue weighted by molar-refractivity contribution is 0.203. The van der Waals surface area contributed by atoms with Crippen LogP contribution in [0.15, 0.2) is 0 Å². The summed E-state index contributed by atoms with van der Waals surface area (Å²) in [6, 6.07) is 0.413. The largest absolute Gasteiger partial charge is 0.396 e. The molecule has 3 unspecified atom stereocenters. The number of likely N-dealkylation sites (tertiary alicyclic amines) is 1. The minimum absolute atomic E-state index is 0.354. The first kappa shape index (κ1) is 12.3. The molecule has 3 atom stereocenters. The predicted octanol–water partition coefficient (Wildman–Crippen LogP) is 1.21. The maximum absolute atomic E-state index is 9.14. The predicted molar refractivity (Wildman–Crippen MR) is 66.2 cm³/mol. The van der Waals surface area contributed by atoms with Gasteiger partial charge in [0, 0.05) is 25.7 Å². The van der Waals surface area contributed by atoms with Crippen molar-refractivity contribution in [1.82, 2.24) is 4.90 Å². The third-order valence-electron chi connectivity index (χ3n) is 4.34. The molecule has 0 spiro atoms. The Kier molecular flexibility index (Phi) is 4.62. The van der Waals surface area contributed by atoms with Gasteiger partial charge < -0.3 is 15.7 Å². The van der Waals surface area contributed by atoms with Crippen molar-refractivity contribution in [2.24, 2.45) is 17.6 Å². The van der Waals surface area contributed by atoms with Crippen LogP contribution in [0.2, 0.25) is 0 Å². The second-order valence-corrected chi connectivity index (χ2v) is 5.66. The molecule has 94 valence electrons. The van der Waals surface area contributed by atoms with Crippen molar-refractivity contribution >= 4 is 0 Å². The number of aliphatic hydroxyl groups excluding tert-OH is 1. The Bertz CT molecular complexity index is 210. The number of hydrogen-bond acceptors (Lipinski definition) is 3. The summed E-state index contributed by atoms with van der Waals surface area (Å²) in [5.74, 6) is 1.21. The van der Waals surface area contributed by atoms with Crippen molar-refractivity contribution in [2.45, 2.75) is 44.6 Å². The summed E-state index contributed by atoms with van der Waals surface area (Å²) in [5.41, 5.74) is 6.25. The van der Waals surface area contributed by atoms with Gasteiger partial charge in [0.25, 0.3) is 0 Å². The van der Waals surface area contributed by atoms with E-state index in [4.69, 9.17) is 10.8 Å². The fourth-order valence-electron chi connectivity index (χ4n) is 3.20. The van der Waals surface area contributed by atoms with E-state index in [0.717, 1.165) is 19.6 Å². The van der Waals surface area contributed by atoms with Crippen molar-refractivity contribution in [2.75, 3.05) is 26.2 Å². The van der Waals surface area contributed by atoms with Crippen molar-refractivity contribution in [3.8, 4) is 0 Å². The van der Waals surface area contributed by atoms with Crippen molar-refractivity contribution in [3.63, 3.8) is 0 Å². The first-order chi connectivity index (χ1) is 7.79. The highest BCUT2D eigenvalue weighted by Gasteiger charge is 2.27. The molecule has 0 bridgehead atoms. The Morgan fingerprint density at radius 2 is 1.94 bits per heavy atom. The maximum Gasteiger partial charge on any atom is 0.0471 e. The molecule has 3 N–H and O–H groups in total. The van der Waals surface area contributed by atoms with E-state index in [1.54, 1.807) is 0 Å². The normalized spacial score (nSPS) is 37.5.